The van der Waals surface area contributed by atoms with Gasteiger partial charge in [0, 0.05) is 15.5 Å². The Bertz CT molecular complexity index is 356. The van der Waals surface area contributed by atoms with E-state index in [0.717, 1.165) is 18.4 Å². The van der Waals surface area contributed by atoms with Crippen molar-refractivity contribution in [3.63, 3.8) is 0 Å². The first-order valence-corrected chi connectivity index (χ1v) is 5.45. The first-order chi connectivity index (χ1) is 6.56. The largest absolute Gasteiger partial charge is 0.392 e. The first kappa shape index (κ1) is 10.3. The summed E-state index contributed by atoms with van der Waals surface area (Å²) in [4.78, 5) is 0. The highest BCUT2D eigenvalue weighted by Gasteiger charge is 2.49. The molecule has 1 N–H and O–H groups in total. The average molecular weight is 231 g/mol. The highest BCUT2D eigenvalue weighted by Crippen LogP contribution is 2.53. The maximum absolute atomic E-state index is 9.70. The Labute approximate surface area is 93.7 Å². The summed E-state index contributed by atoms with van der Waals surface area (Å²) >= 11 is 11.9. The molecule has 1 saturated carbocycles. The number of aliphatic hydroxyl groups excluding tert-OH is 1. The van der Waals surface area contributed by atoms with Gasteiger partial charge in [-0.25, -0.2) is 0 Å². The highest BCUT2D eigenvalue weighted by molar-refractivity contribution is 6.35. The molecule has 2 rings (SSSR count). The summed E-state index contributed by atoms with van der Waals surface area (Å²) in [5.74, 6) is 0. The molecule has 0 saturated heterocycles. The number of hydrogen-bond acceptors (Lipinski definition) is 1. The van der Waals surface area contributed by atoms with Crippen LogP contribution in [0, 0.1) is 0 Å². The number of hydrogen-bond donors (Lipinski definition) is 1. The molecule has 0 radical (unpaired) electrons. The maximum atomic E-state index is 9.70. The number of aliphatic hydroxyl groups is 1. The fourth-order valence-corrected chi connectivity index (χ4v) is 2.54. The van der Waals surface area contributed by atoms with Gasteiger partial charge in [-0.1, -0.05) is 29.3 Å². The maximum Gasteiger partial charge on any atom is 0.0609 e. The molecule has 0 heterocycles. The summed E-state index contributed by atoms with van der Waals surface area (Å²) in [7, 11) is 0. The second-order valence-electron chi connectivity index (χ2n) is 3.96. The van der Waals surface area contributed by atoms with Crippen molar-refractivity contribution in [1.29, 1.82) is 0 Å². The standard InChI is InChI=1S/C11H12Cl2O/c1-7(14)11(4-5-11)9-3-2-8(12)6-10(9)13/h2-3,6-7,14H,4-5H2,1H3. The predicted octanol–water partition coefficient (Wildman–Crippen LogP) is 3.41. The minimum Gasteiger partial charge on any atom is -0.392 e. The van der Waals surface area contributed by atoms with E-state index in [4.69, 9.17) is 23.2 Å². The zero-order chi connectivity index (χ0) is 10.3. The Morgan fingerprint density at radius 2 is 2.00 bits per heavy atom. The third kappa shape index (κ3) is 1.54. The molecule has 1 unspecified atom stereocenters. The molecule has 1 aromatic carbocycles. The Morgan fingerprint density at radius 3 is 2.43 bits per heavy atom. The third-order valence-electron chi connectivity index (χ3n) is 3.06. The summed E-state index contributed by atoms with van der Waals surface area (Å²) < 4.78 is 0. The average Bonchev–Trinajstić information content (AvgIpc) is 2.84. The molecule has 1 atom stereocenters. The molecule has 3 heteroatoms. The van der Waals surface area contributed by atoms with E-state index in [9.17, 15) is 5.11 Å². The fraction of sp³-hybridized carbons (Fsp3) is 0.455. The summed E-state index contributed by atoms with van der Waals surface area (Å²) in [5.41, 5.74) is 0.917. The number of halogens is 2. The van der Waals surface area contributed by atoms with Gasteiger partial charge in [-0.05, 0) is 37.5 Å². The third-order valence-corrected chi connectivity index (χ3v) is 3.60. The van der Waals surface area contributed by atoms with E-state index in [1.807, 2.05) is 19.1 Å². The molecule has 76 valence electrons. The summed E-state index contributed by atoms with van der Waals surface area (Å²) in [6, 6.07) is 5.48. The lowest BCUT2D eigenvalue weighted by atomic mass is 9.91. The lowest BCUT2D eigenvalue weighted by Gasteiger charge is -2.20. The van der Waals surface area contributed by atoms with E-state index >= 15 is 0 Å². The van der Waals surface area contributed by atoms with Gasteiger partial charge in [-0.3, -0.25) is 0 Å². The topological polar surface area (TPSA) is 20.2 Å². The van der Waals surface area contributed by atoms with Crippen LogP contribution in [0.3, 0.4) is 0 Å². The Balaban J connectivity index is 2.42. The van der Waals surface area contributed by atoms with Crippen LogP contribution in [-0.4, -0.2) is 11.2 Å². The van der Waals surface area contributed by atoms with Gasteiger partial charge in [-0.15, -0.1) is 0 Å². The molecule has 14 heavy (non-hydrogen) atoms. The Kier molecular flexibility index (Phi) is 2.50. The molecular formula is C11H12Cl2O. The van der Waals surface area contributed by atoms with E-state index in [1.165, 1.54) is 0 Å². The number of rotatable bonds is 2. The van der Waals surface area contributed by atoms with Crippen LogP contribution < -0.4 is 0 Å². The highest BCUT2D eigenvalue weighted by atomic mass is 35.5. The van der Waals surface area contributed by atoms with Gasteiger partial charge in [0.1, 0.15) is 0 Å². The second kappa shape index (κ2) is 3.41. The lowest BCUT2D eigenvalue weighted by molar-refractivity contribution is 0.151. The number of benzene rings is 1. The first-order valence-electron chi connectivity index (χ1n) is 4.70. The van der Waals surface area contributed by atoms with Crippen molar-refractivity contribution in [2.45, 2.75) is 31.3 Å². The smallest absolute Gasteiger partial charge is 0.0609 e. The summed E-state index contributed by atoms with van der Waals surface area (Å²) in [6.07, 6.45) is 1.67. The van der Waals surface area contributed by atoms with E-state index in [0.29, 0.717) is 10.0 Å². The molecule has 0 bridgehead atoms. The van der Waals surface area contributed by atoms with Crippen molar-refractivity contribution in [2.24, 2.45) is 0 Å². The molecule has 1 aromatic rings. The van der Waals surface area contributed by atoms with Crippen molar-refractivity contribution in [3.8, 4) is 0 Å². The Hall–Kier alpha value is -0.240. The minimum atomic E-state index is -0.346. The van der Waals surface area contributed by atoms with Crippen LogP contribution in [0.4, 0.5) is 0 Å². The van der Waals surface area contributed by atoms with Crippen LogP contribution in [0.5, 0.6) is 0 Å². The molecule has 1 fully saturated rings. The molecule has 1 aliphatic rings. The second-order valence-corrected chi connectivity index (χ2v) is 4.80. The van der Waals surface area contributed by atoms with Gasteiger partial charge < -0.3 is 5.11 Å². The van der Waals surface area contributed by atoms with E-state index in [-0.39, 0.29) is 11.5 Å². The van der Waals surface area contributed by atoms with Crippen molar-refractivity contribution in [2.75, 3.05) is 0 Å². The zero-order valence-corrected chi connectivity index (χ0v) is 9.44. The normalized spacial score (nSPS) is 20.6. The summed E-state index contributed by atoms with van der Waals surface area (Å²) in [6.45, 7) is 1.82. The van der Waals surface area contributed by atoms with E-state index < -0.39 is 0 Å². The summed E-state index contributed by atoms with van der Waals surface area (Å²) in [5, 5.41) is 11.0. The van der Waals surface area contributed by atoms with Crippen molar-refractivity contribution in [1.82, 2.24) is 0 Å². The minimum absolute atomic E-state index is 0.109. The molecule has 0 aliphatic heterocycles. The predicted molar refractivity (Wildman–Crippen MR) is 59.1 cm³/mol. The molecule has 0 aromatic heterocycles. The van der Waals surface area contributed by atoms with Gasteiger partial charge in [0.25, 0.3) is 0 Å². The molecule has 1 aliphatic carbocycles. The van der Waals surface area contributed by atoms with E-state index in [1.54, 1.807) is 6.07 Å². The van der Waals surface area contributed by atoms with Crippen LogP contribution >= 0.6 is 23.2 Å². The van der Waals surface area contributed by atoms with Crippen molar-refractivity contribution >= 4 is 23.2 Å². The molecule has 0 amide bonds. The van der Waals surface area contributed by atoms with Crippen LogP contribution in [0.25, 0.3) is 0 Å². The van der Waals surface area contributed by atoms with Crippen molar-refractivity contribution in [3.05, 3.63) is 33.8 Å². The van der Waals surface area contributed by atoms with Gasteiger partial charge in [-0.2, -0.15) is 0 Å². The van der Waals surface area contributed by atoms with Crippen LogP contribution in [0.1, 0.15) is 25.3 Å². The lowest BCUT2D eigenvalue weighted by Crippen LogP contribution is -2.22. The molecule has 1 nitrogen and oxygen atoms in total. The van der Waals surface area contributed by atoms with Gasteiger partial charge in [0.15, 0.2) is 0 Å². The van der Waals surface area contributed by atoms with Crippen molar-refractivity contribution < 1.29 is 5.11 Å². The Morgan fingerprint density at radius 1 is 1.36 bits per heavy atom. The molecular weight excluding hydrogens is 219 g/mol. The van der Waals surface area contributed by atoms with Gasteiger partial charge in [0.2, 0.25) is 0 Å². The quantitative estimate of drug-likeness (QED) is 0.826. The van der Waals surface area contributed by atoms with E-state index in [2.05, 4.69) is 0 Å². The van der Waals surface area contributed by atoms with Crippen LogP contribution in [-0.2, 0) is 5.41 Å². The fourth-order valence-electron chi connectivity index (χ4n) is 1.94. The zero-order valence-electron chi connectivity index (χ0n) is 7.93. The SMILES string of the molecule is CC(O)C1(c2ccc(Cl)cc2Cl)CC1. The van der Waals surface area contributed by atoms with Gasteiger partial charge in [0.05, 0.1) is 6.10 Å². The molecule has 0 spiro atoms. The monoisotopic (exact) mass is 230 g/mol. The van der Waals surface area contributed by atoms with Gasteiger partial charge >= 0.3 is 0 Å². The van der Waals surface area contributed by atoms with Crippen LogP contribution in [0.2, 0.25) is 10.0 Å². The van der Waals surface area contributed by atoms with Crippen LogP contribution in [0.15, 0.2) is 18.2 Å².